The summed E-state index contributed by atoms with van der Waals surface area (Å²) in [5, 5.41) is 15.9. The molecule has 1 aromatic carbocycles. The quantitative estimate of drug-likeness (QED) is 0.365. The number of anilines is 1. The molecule has 148 valence electrons. The van der Waals surface area contributed by atoms with Crippen molar-refractivity contribution in [1.29, 1.82) is 0 Å². The highest BCUT2D eigenvalue weighted by atomic mass is 16.6. The Morgan fingerprint density at radius 2 is 1.85 bits per heavy atom. The van der Waals surface area contributed by atoms with Crippen LogP contribution in [0.4, 0.5) is 11.4 Å². The van der Waals surface area contributed by atoms with Crippen molar-refractivity contribution < 1.29 is 24.0 Å². The fourth-order valence-corrected chi connectivity index (χ4v) is 2.42. The third-order valence-corrected chi connectivity index (χ3v) is 3.68. The Labute approximate surface area is 157 Å². The van der Waals surface area contributed by atoms with E-state index in [4.69, 9.17) is 0 Å². The predicted molar refractivity (Wildman–Crippen MR) is 99.0 cm³/mol. The molecule has 27 heavy (non-hydrogen) atoms. The number of nitro groups is 1. The molecule has 9 heteroatoms. The van der Waals surface area contributed by atoms with Crippen LogP contribution in [0.1, 0.15) is 39.5 Å². The molecule has 1 rings (SSSR count). The van der Waals surface area contributed by atoms with E-state index in [1.807, 2.05) is 13.8 Å². The molecule has 0 saturated heterocycles. The van der Waals surface area contributed by atoms with Crippen molar-refractivity contribution in [2.45, 2.75) is 45.6 Å². The van der Waals surface area contributed by atoms with E-state index in [9.17, 15) is 24.5 Å². The van der Waals surface area contributed by atoms with Crippen molar-refractivity contribution in [1.82, 2.24) is 5.32 Å². The lowest BCUT2D eigenvalue weighted by atomic mass is 10.0. The van der Waals surface area contributed by atoms with Gasteiger partial charge >= 0.3 is 5.97 Å². The maximum Gasteiger partial charge on any atom is 0.328 e. The normalized spacial score (nSPS) is 11.6. The summed E-state index contributed by atoms with van der Waals surface area (Å²) in [5.74, 6) is -0.986. The Balaban J connectivity index is 2.43. The van der Waals surface area contributed by atoms with E-state index in [0.29, 0.717) is 12.1 Å². The Bertz CT molecular complexity index is 689. The Kier molecular flexibility index (Phi) is 8.91. The minimum absolute atomic E-state index is 0.0726. The summed E-state index contributed by atoms with van der Waals surface area (Å²) in [6.45, 7) is 3.86. The van der Waals surface area contributed by atoms with Crippen LogP contribution in [0.3, 0.4) is 0 Å². The summed E-state index contributed by atoms with van der Waals surface area (Å²) >= 11 is 0. The largest absolute Gasteiger partial charge is 0.467 e. The molecule has 0 radical (unpaired) electrons. The van der Waals surface area contributed by atoms with Crippen molar-refractivity contribution in [3.8, 4) is 0 Å². The van der Waals surface area contributed by atoms with Gasteiger partial charge < -0.3 is 15.4 Å². The number of benzene rings is 1. The van der Waals surface area contributed by atoms with Crippen LogP contribution in [0, 0.1) is 16.0 Å². The topological polar surface area (TPSA) is 128 Å². The summed E-state index contributed by atoms with van der Waals surface area (Å²) in [7, 11) is 1.26. The van der Waals surface area contributed by atoms with Gasteiger partial charge in [-0.1, -0.05) is 19.9 Å². The van der Waals surface area contributed by atoms with Gasteiger partial charge in [0.15, 0.2) is 0 Å². The molecule has 1 unspecified atom stereocenters. The Morgan fingerprint density at radius 3 is 2.44 bits per heavy atom. The molecule has 2 N–H and O–H groups in total. The molecule has 0 spiro atoms. The number of ether oxygens (including phenoxy) is 1. The van der Waals surface area contributed by atoms with Crippen molar-refractivity contribution in [2.24, 2.45) is 5.92 Å². The second-order valence-corrected chi connectivity index (χ2v) is 6.48. The molecule has 2 amide bonds. The van der Waals surface area contributed by atoms with Gasteiger partial charge in [0.1, 0.15) is 6.04 Å². The van der Waals surface area contributed by atoms with E-state index < -0.39 is 16.9 Å². The van der Waals surface area contributed by atoms with Crippen LogP contribution >= 0.6 is 0 Å². The average Bonchev–Trinajstić information content (AvgIpc) is 2.60. The first-order valence-electron chi connectivity index (χ1n) is 8.64. The highest BCUT2D eigenvalue weighted by molar-refractivity contribution is 5.91. The van der Waals surface area contributed by atoms with E-state index in [0.717, 1.165) is 0 Å². The van der Waals surface area contributed by atoms with Crippen LogP contribution in [0.2, 0.25) is 0 Å². The van der Waals surface area contributed by atoms with Gasteiger partial charge in [0.2, 0.25) is 11.8 Å². The number of non-ortho nitro benzene ring substituents is 1. The molecule has 0 aliphatic heterocycles. The molecule has 1 atom stereocenters. The summed E-state index contributed by atoms with van der Waals surface area (Å²) in [6.07, 6.45) is 0.894. The SMILES string of the molecule is COC(=O)C(CC(C)C)NC(=O)CCCC(=O)Nc1cccc([N+](=O)[O-])c1. The number of hydrogen-bond acceptors (Lipinski definition) is 6. The maximum atomic E-state index is 12.0. The molecule has 0 aliphatic carbocycles. The Hall–Kier alpha value is -2.97. The molecule has 0 bridgehead atoms. The first-order valence-corrected chi connectivity index (χ1v) is 8.64. The molecule has 0 aromatic heterocycles. The molecule has 1 aromatic rings. The van der Waals surface area contributed by atoms with Crippen LogP contribution in [-0.4, -0.2) is 35.9 Å². The van der Waals surface area contributed by atoms with E-state index in [1.165, 1.54) is 25.3 Å². The van der Waals surface area contributed by atoms with Gasteiger partial charge in [-0.15, -0.1) is 0 Å². The zero-order chi connectivity index (χ0) is 20.4. The molecule has 0 fully saturated rings. The molecule has 0 heterocycles. The average molecular weight is 379 g/mol. The lowest BCUT2D eigenvalue weighted by Gasteiger charge is -2.18. The number of carbonyl (C=O) groups is 3. The summed E-state index contributed by atoms with van der Waals surface area (Å²) in [4.78, 5) is 45.8. The second-order valence-electron chi connectivity index (χ2n) is 6.48. The maximum absolute atomic E-state index is 12.0. The number of hydrogen-bond donors (Lipinski definition) is 2. The Morgan fingerprint density at radius 1 is 1.19 bits per heavy atom. The summed E-state index contributed by atoms with van der Waals surface area (Å²) in [5.41, 5.74) is 0.201. The minimum atomic E-state index is -0.707. The van der Waals surface area contributed by atoms with Gasteiger partial charge in [0.25, 0.3) is 5.69 Å². The molecule has 9 nitrogen and oxygen atoms in total. The van der Waals surface area contributed by atoms with Gasteiger partial charge in [-0.05, 0) is 24.8 Å². The smallest absolute Gasteiger partial charge is 0.328 e. The molecular weight excluding hydrogens is 354 g/mol. The van der Waals surface area contributed by atoms with Gasteiger partial charge in [0, 0.05) is 30.7 Å². The zero-order valence-electron chi connectivity index (χ0n) is 15.7. The summed E-state index contributed by atoms with van der Waals surface area (Å²) in [6, 6.07) is 4.90. The number of nitro benzene ring substituents is 1. The van der Waals surface area contributed by atoms with Gasteiger partial charge in [-0.3, -0.25) is 19.7 Å². The number of methoxy groups -OCH3 is 1. The zero-order valence-corrected chi connectivity index (χ0v) is 15.7. The number of rotatable bonds is 10. The predicted octanol–water partition coefficient (Wildman–Crippen LogP) is 2.41. The number of esters is 1. The standard InChI is InChI=1S/C18H25N3O6/c1-12(2)10-15(18(24)27-3)20-17(23)9-5-8-16(22)19-13-6-4-7-14(11-13)21(25)26/h4,6-7,11-12,15H,5,8-10H2,1-3H3,(H,19,22)(H,20,23). The highest BCUT2D eigenvalue weighted by Crippen LogP contribution is 2.17. The van der Waals surface area contributed by atoms with E-state index >= 15 is 0 Å². The fraction of sp³-hybridized carbons (Fsp3) is 0.500. The number of amides is 2. The van der Waals surface area contributed by atoms with Crippen LogP contribution in [0.25, 0.3) is 0 Å². The molecule has 0 saturated carbocycles. The highest BCUT2D eigenvalue weighted by Gasteiger charge is 2.22. The lowest BCUT2D eigenvalue weighted by Crippen LogP contribution is -2.42. The first-order chi connectivity index (χ1) is 12.7. The van der Waals surface area contributed by atoms with Crippen molar-refractivity contribution in [2.75, 3.05) is 12.4 Å². The van der Waals surface area contributed by atoms with Gasteiger partial charge in [0.05, 0.1) is 12.0 Å². The minimum Gasteiger partial charge on any atom is -0.467 e. The van der Waals surface area contributed by atoms with Crippen LogP contribution in [-0.2, 0) is 19.1 Å². The van der Waals surface area contributed by atoms with E-state index in [-0.39, 0.29) is 42.7 Å². The van der Waals surface area contributed by atoms with Crippen molar-refractivity contribution in [3.05, 3.63) is 34.4 Å². The van der Waals surface area contributed by atoms with Crippen LogP contribution < -0.4 is 10.6 Å². The lowest BCUT2D eigenvalue weighted by molar-refractivity contribution is -0.384. The first kappa shape index (κ1) is 22.1. The van der Waals surface area contributed by atoms with Gasteiger partial charge in [-0.2, -0.15) is 0 Å². The van der Waals surface area contributed by atoms with Gasteiger partial charge in [-0.25, -0.2) is 4.79 Å². The van der Waals surface area contributed by atoms with Crippen molar-refractivity contribution >= 4 is 29.2 Å². The summed E-state index contributed by atoms with van der Waals surface area (Å²) < 4.78 is 4.68. The van der Waals surface area contributed by atoms with E-state index in [1.54, 1.807) is 6.07 Å². The van der Waals surface area contributed by atoms with Crippen molar-refractivity contribution in [3.63, 3.8) is 0 Å². The molecule has 0 aliphatic rings. The van der Waals surface area contributed by atoms with Crippen LogP contribution in [0.15, 0.2) is 24.3 Å². The number of nitrogens with zero attached hydrogens (tertiary/aromatic N) is 1. The third kappa shape index (κ3) is 8.30. The third-order valence-electron chi connectivity index (χ3n) is 3.68. The second kappa shape index (κ2) is 10.9. The monoisotopic (exact) mass is 379 g/mol. The number of carbonyl (C=O) groups excluding carboxylic acids is 3. The van der Waals surface area contributed by atoms with E-state index in [2.05, 4.69) is 15.4 Å². The fourth-order valence-electron chi connectivity index (χ4n) is 2.42. The molecular formula is C18H25N3O6. The van der Waals surface area contributed by atoms with Crippen LogP contribution in [0.5, 0.6) is 0 Å². The number of nitrogens with one attached hydrogen (secondary N) is 2.